The molecule has 18 heavy (non-hydrogen) atoms. The Morgan fingerprint density at radius 1 is 1.39 bits per heavy atom. The standard InChI is InChI=1S/C13H13IN2O2/c1-8(2)18-10-5-3-4-9(6-10)12-15-7-11(14)13(17)16-12/h3-8H,1-2H3,(H,15,16,17). The molecule has 0 aliphatic rings. The van der Waals surface area contributed by atoms with Gasteiger partial charge in [0, 0.05) is 11.8 Å². The molecule has 1 aromatic carbocycles. The maximum atomic E-state index is 11.5. The zero-order valence-corrected chi connectivity index (χ0v) is 12.3. The van der Waals surface area contributed by atoms with Crippen LogP contribution in [-0.2, 0) is 0 Å². The molecule has 0 unspecified atom stereocenters. The summed E-state index contributed by atoms with van der Waals surface area (Å²) in [5, 5.41) is 0. The number of nitrogens with zero attached hydrogens (tertiary/aromatic N) is 1. The molecule has 0 atom stereocenters. The molecule has 0 spiro atoms. The second kappa shape index (κ2) is 5.51. The molecule has 2 aromatic rings. The fourth-order valence-corrected chi connectivity index (χ4v) is 1.79. The first-order chi connectivity index (χ1) is 8.56. The van der Waals surface area contributed by atoms with Crippen LogP contribution in [0, 0.1) is 3.57 Å². The zero-order chi connectivity index (χ0) is 13.1. The van der Waals surface area contributed by atoms with Gasteiger partial charge in [0.05, 0.1) is 9.67 Å². The quantitative estimate of drug-likeness (QED) is 0.861. The average Bonchev–Trinajstić information content (AvgIpc) is 2.32. The SMILES string of the molecule is CC(C)Oc1cccc(-c2ncc(I)c(=O)[nH]2)c1. The Hall–Kier alpha value is -1.37. The lowest BCUT2D eigenvalue weighted by Crippen LogP contribution is -2.11. The summed E-state index contributed by atoms with van der Waals surface area (Å²) in [7, 11) is 0. The molecular formula is C13H13IN2O2. The van der Waals surface area contributed by atoms with E-state index < -0.39 is 0 Å². The molecule has 0 saturated carbocycles. The second-order valence-corrected chi connectivity index (χ2v) is 5.27. The average molecular weight is 356 g/mol. The fourth-order valence-electron chi connectivity index (χ4n) is 1.51. The molecule has 5 heteroatoms. The number of benzene rings is 1. The Morgan fingerprint density at radius 2 is 2.17 bits per heavy atom. The molecule has 2 rings (SSSR count). The molecule has 0 fully saturated rings. The van der Waals surface area contributed by atoms with Crippen LogP contribution in [0.4, 0.5) is 0 Å². The molecule has 0 amide bonds. The van der Waals surface area contributed by atoms with E-state index in [0.29, 0.717) is 9.39 Å². The number of rotatable bonds is 3. The largest absolute Gasteiger partial charge is 0.491 e. The van der Waals surface area contributed by atoms with Crippen molar-refractivity contribution in [1.82, 2.24) is 9.97 Å². The maximum Gasteiger partial charge on any atom is 0.264 e. The van der Waals surface area contributed by atoms with Crippen LogP contribution in [0.2, 0.25) is 0 Å². The lowest BCUT2D eigenvalue weighted by atomic mass is 10.2. The van der Waals surface area contributed by atoms with Gasteiger partial charge in [-0.05, 0) is 48.6 Å². The van der Waals surface area contributed by atoms with E-state index in [2.05, 4.69) is 9.97 Å². The summed E-state index contributed by atoms with van der Waals surface area (Å²) in [6.45, 7) is 3.94. The highest BCUT2D eigenvalue weighted by Crippen LogP contribution is 2.21. The Labute approximate surface area is 119 Å². The number of H-pyrrole nitrogens is 1. The van der Waals surface area contributed by atoms with Crippen molar-refractivity contribution in [3.8, 4) is 17.1 Å². The van der Waals surface area contributed by atoms with E-state index in [1.54, 1.807) is 6.20 Å². The van der Waals surface area contributed by atoms with Crippen molar-refractivity contribution in [2.45, 2.75) is 20.0 Å². The predicted molar refractivity (Wildman–Crippen MR) is 78.8 cm³/mol. The van der Waals surface area contributed by atoms with Crippen LogP contribution in [0.5, 0.6) is 5.75 Å². The highest BCUT2D eigenvalue weighted by molar-refractivity contribution is 14.1. The molecule has 0 bridgehead atoms. The maximum absolute atomic E-state index is 11.5. The van der Waals surface area contributed by atoms with E-state index in [1.165, 1.54) is 0 Å². The smallest absolute Gasteiger partial charge is 0.264 e. The summed E-state index contributed by atoms with van der Waals surface area (Å²) in [5.74, 6) is 1.32. The summed E-state index contributed by atoms with van der Waals surface area (Å²) >= 11 is 1.95. The van der Waals surface area contributed by atoms with Crippen LogP contribution < -0.4 is 10.3 Å². The molecule has 0 aliphatic carbocycles. The van der Waals surface area contributed by atoms with Crippen LogP contribution in [0.1, 0.15) is 13.8 Å². The van der Waals surface area contributed by atoms with Gasteiger partial charge in [0.25, 0.3) is 5.56 Å². The van der Waals surface area contributed by atoms with Gasteiger partial charge in [-0.15, -0.1) is 0 Å². The van der Waals surface area contributed by atoms with Gasteiger partial charge >= 0.3 is 0 Å². The van der Waals surface area contributed by atoms with Crippen molar-refractivity contribution in [1.29, 1.82) is 0 Å². The minimum Gasteiger partial charge on any atom is -0.491 e. The van der Waals surface area contributed by atoms with Gasteiger partial charge in [0.1, 0.15) is 11.6 Å². The number of halogens is 1. The van der Waals surface area contributed by atoms with Crippen LogP contribution in [0.3, 0.4) is 0 Å². The second-order valence-electron chi connectivity index (χ2n) is 4.10. The van der Waals surface area contributed by atoms with Gasteiger partial charge in [-0.25, -0.2) is 4.98 Å². The third kappa shape index (κ3) is 3.10. The van der Waals surface area contributed by atoms with Gasteiger partial charge in [0.15, 0.2) is 0 Å². The first kappa shape index (κ1) is 13.1. The van der Waals surface area contributed by atoms with Gasteiger partial charge in [-0.2, -0.15) is 0 Å². The Kier molecular flexibility index (Phi) is 4.00. The van der Waals surface area contributed by atoms with E-state index in [-0.39, 0.29) is 11.7 Å². The van der Waals surface area contributed by atoms with Gasteiger partial charge < -0.3 is 9.72 Å². The highest BCUT2D eigenvalue weighted by atomic mass is 127. The number of ether oxygens (including phenoxy) is 1. The van der Waals surface area contributed by atoms with E-state index in [0.717, 1.165) is 11.3 Å². The number of aromatic amines is 1. The summed E-state index contributed by atoms with van der Waals surface area (Å²) < 4.78 is 6.18. The monoisotopic (exact) mass is 356 g/mol. The molecule has 4 nitrogen and oxygen atoms in total. The summed E-state index contributed by atoms with van der Waals surface area (Å²) in [6, 6.07) is 7.52. The summed E-state index contributed by atoms with van der Waals surface area (Å²) in [6.07, 6.45) is 1.68. The summed E-state index contributed by atoms with van der Waals surface area (Å²) in [4.78, 5) is 18.5. The van der Waals surface area contributed by atoms with E-state index >= 15 is 0 Å². The Bertz CT molecular complexity index is 608. The molecule has 1 heterocycles. The summed E-state index contributed by atoms with van der Waals surface area (Å²) in [5.41, 5.74) is 0.706. The van der Waals surface area contributed by atoms with E-state index in [1.807, 2.05) is 60.7 Å². The van der Waals surface area contributed by atoms with Crippen molar-refractivity contribution < 1.29 is 4.74 Å². The third-order valence-electron chi connectivity index (χ3n) is 2.24. The predicted octanol–water partition coefficient (Wildman–Crippen LogP) is 2.83. The van der Waals surface area contributed by atoms with Gasteiger partial charge in [-0.1, -0.05) is 12.1 Å². The van der Waals surface area contributed by atoms with Crippen LogP contribution in [-0.4, -0.2) is 16.1 Å². The Balaban J connectivity index is 2.38. The van der Waals surface area contributed by atoms with E-state index in [9.17, 15) is 4.79 Å². The number of hydrogen-bond acceptors (Lipinski definition) is 3. The molecular weight excluding hydrogens is 343 g/mol. The van der Waals surface area contributed by atoms with Crippen molar-refractivity contribution in [2.75, 3.05) is 0 Å². The molecule has 1 N–H and O–H groups in total. The van der Waals surface area contributed by atoms with Gasteiger partial charge in [-0.3, -0.25) is 4.79 Å². The molecule has 0 radical (unpaired) electrons. The zero-order valence-electron chi connectivity index (χ0n) is 10.1. The van der Waals surface area contributed by atoms with E-state index in [4.69, 9.17) is 4.74 Å². The number of hydrogen-bond donors (Lipinski definition) is 1. The minimum atomic E-state index is -0.129. The third-order valence-corrected chi connectivity index (χ3v) is 3.00. The van der Waals surface area contributed by atoms with Crippen molar-refractivity contribution >= 4 is 22.6 Å². The first-order valence-corrected chi connectivity index (χ1v) is 6.66. The normalized spacial score (nSPS) is 10.7. The number of aromatic nitrogens is 2. The van der Waals surface area contributed by atoms with Crippen molar-refractivity contribution in [3.05, 3.63) is 44.4 Å². The molecule has 94 valence electrons. The van der Waals surface area contributed by atoms with Crippen LogP contribution in [0.15, 0.2) is 35.3 Å². The lowest BCUT2D eigenvalue weighted by molar-refractivity contribution is 0.242. The van der Waals surface area contributed by atoms with Crippen LogP contribution in [0.25, 0.3) is 11.4 Å². The fraction of sp³-hybridized carbons (Fsp3) is 0.231. The topological polar surface area (TPSA) is 55.0 Å². The molecule has 1 aromatic heterocycles. The van der Waals surface area contributed by atoms with Gasteiger partial charge in [0.2, 0.25) is 0 Å². The van der Waals surface area contributed by atoms with Crippen molar-refractivity contribution in [2.24, 2.45) is 0 Å². The highest BCUT2D eigenvalue weighted by Gasteiger charge is 2.05. The Morgan fingerprint density at radius 3 is 2.83 bits per heavy atom. The first-order valence-electron chi connectivity index (χ1n) is 5.58. The molecule has 0 saturated heterocycles. The molecule has 0 aliphatic heterocycles. The van der Waals surface area contributed by atoms with Crippen LogP contribution >= 0.6 is 22.6 Å². The minimum absolute atomic E-state index is 0.115. The lowest BCUT2D eigenvalue weighted by Gasteiger charge is -2.10. The number of nitrogens with one attached hydrogen (secondary N) is 1. The van der Waals surface area contributed by atoms with Crippen molar-refractivity contribution in [3.63, 3.8) is 0 Å².